The number of rotatable bonds is 4. The maximum absolute atomic E-state index is 12.8. The molecule has 14 nitrogen and oxygen atoms in total. The average molecular weight is 671 g/mol. The van der Waals surface area contributed by atoms with Crippen molar-refractivity contribution in [1.82, 2.24) is 50.1 Å². The standard InChI is InChI=1S/C16H16F3N7.C16H17N7/c17-16(18,19)12-6-11(24-25-12)9-2-1-5-26(7-9)13-4-3-10-14(23-13)15(20)22-8-21-10;17-16-15-12(20-10-21-16)3-4-14(22-15)23-7-1-2-11(9-23)13-8-18-5-6-19-13/h3-4,6,8-9H,1-2,5,7H2,(H,24,25)(H2,20,21,22);3-6,8,10-11H,1-2,7,9H2,(H2,17,20,21). The smallest absolute Gasteiger partial charge is 0.382 e. The van der Waals surface area contributed by atoms with E-state index in [-0.39, 0.29) is 5.92 Å². The van der Waals surface area contributed by atoms with Crippen LogP contribution in [0.25, 0.3) is 22.1 Å². The van der Waals surface area contributed by atoms with Crippen LogP contribution in [0.15, 0.2) is 61.6 Å². The molecule has 8 heterocycles. The van der Waals surface area contributed by atoms with Gasteiger partial charge in [-0.15, -0.1) is 0 Å². The zero-order chi connectivity index (χ0) is 34.0. The van der Waals surface area contributed by atoms with E-state index in [4.69, 9.17) is 11.5 Å². The van der Waals surface area contributed by atoms with Crippen molar-refractivity contribution in [1.29, 1.82) is 0 Å². The highest BCUT2D eigenvalue weighted by Crippen LogP contribution is 2.34. The minimum absolute atomic E-state index is 0.0748. The molecule has 0 bridgehead atoms. The summed E-state index contributed by atoms with van der Waals surface area (Å²) in [6, 6.07) is 8.69. The number of piperidine rings is 2. The molecule has 6 aromatic rings. The summed E-state index contributed by atoms with van der Waals surface area (Å²) in [7, 11) is 0. The second-order valence-electron chi connectivity index (χ2n) is 12.0. The van der Waals surface area contributed by atoms with Crippen LogP contribution in [0.5, 0.6) is 0 Å². The van der Waals surface area contributed by atoms with E-state index in [0.717, 1.165) is 68.4 Å². The van der Waals surface area contributed by atoms with Crippen molar-refractivity contribution in [3.63, 3.8) is 0 Å². The van der Waals surface area contributed by atoms with E-state index in [1.54, 1.807) is 12.4 Å². The third-order valence-corrected chi connectivity index (χ3v) is 8.81. The van der Waals surface area contributed by atoms with Gasteiger partial charge < -0.3 is 21.3 Å². The van der Waals surface area contributed by atoms with Crippen LogP contribution in [0.4, 0.5) is 36.4 Å². The minimum atomic E-state index is -4.44. The molecule has 2 atom stereocenters. The number of alkyl halides is 3. The van der Waals surface area contributed by atoms with Crippen LogP contribution in [0.1, 0.15) is 54.6 Å². The number of anilines is 4. The highest BCUT2D eigenvalue weighted by atomic mass is 19.4. The summed E-state index contributed by atoms with van der Waals surface area (Å²) in [5, 5.41) is 5.93. The number of nitrogens with zero attached hydrogens (tertiary/aromatic N) is 11. The van der Waals surface area contributed by atoms with Gasteiger partial charge in [0.05, 0.1) is 16.7 Å². The average Bonchev–Trinajstić information content (AvgIpc) is 3.65. The lowest BCUT2D eigenvalue weighted by Crippen LogP contribution is -2.35. The van der Waals surface area contributed by atoms with E-state index < -0.39 is 11.9 Å². The van der Waals surface area contributed by atoms with Gasteiger partial charge in [0.15, 0.2) is 17.3 Å². The maximum Gasteiger partial charge on any atom is 0.435 e. The Labute approximate surface area is 278 Å². The number of hydrogen-bond acceptors (Lipinski definition) is 13. The molecular formula is C32H33F3N14. The van der Waals surface area contributed by atoms with Crippen LogP contribution in [-0.4, -0.2) is 76.2 Å². The number of aromatic nitrogens is 10. The molecule has 2 aliphatic heterocycles. The van der Waals surface area contributed by atoms with Crippen molar-refractivity contribution in [3.8, 4) is 0 Å². The van der Waals surface area contributed by atoms with Crippen molar-refractivity contribution in [2.75, 3.05) is 47.4 Å². The number of nitrogen functional groups attached to an aromatic ring is 2. The van der Waals surface area contributed by atoms with E-state index in [9.17, 15) is 13.2 Å². The van der Waals surface area contributed by atoms with E-state index in [1.807, 2.05) is 35.4 Å². The van der Waals surface area contributed by atoms with Gasteiger partial charge in [-0.3, -0.25) is 15.1 Å². The molecule has 0 aliphatic carbocycles. The summed E-state index contributed by atoms with van der Waals surface area (Å²) in [4.78, 5) is 38.4. The molecule has 0 radical (unpaired) electrons. The molecule has 0 aromatic carbocycles. The molecule has 0 spiro atoms. The maximum atomic E-state index is 12.8. The van der Waals surface area contributed by atoms with E-state index in [1.165, 1.54) is 12.7 Å². The molecule has 17 heteroatoms. The highest BCUT2D eigenvalue weighted by molar-refractivity contribution is 5.85. The molecule has 2 saturated heterocycles. The normalized spacial score (nSPS) is 18.3. The van der Waals surface area contributed by atoms with Gasteiger partial charge in [-0.1, -0.05) is 0 Å². The van der Waals surface area contributed by atoms with Crippen molar-refractivity contribution in [3.05, 3.63) is 78.7 Å². The predicted molar refractivity (Wildman–Crippen MR) is 177 cm³/mol. The van der Waals surface area contributed by atoms with Crippen molar-refractivity contribution < 1.29 is 13.2 Å². The van der Waals surface area contributed by atoms with E-state index in [2.05, 4.69) is 55.0 Å². The lowest BCUT2D eigenvalue weighted by Gasteiger charge is -2.33. The number of pyridine rings is 2. The van der Waals surface area contributed by atoms with Crippen molar-refractivity contribution >= 4 is 45.3 Å². The fourth-order valence-corrected chi connectivity index (χ4v) is 6.33. The van der Waals surface area contributed by atoms with Crippen LogP contribution in [-0.2, 0) is 6.18 Å². The summed E-state index contributed by atoms with van der Waals surface area (Å²) in [6.45, 7) is 3.17. The molecule has 8 rings (SSSR count). The van der Waals surface area contributed by atoms with Crippen LogP contribution in [0.2, 0.25) is 0 Å². The first-order valence-electron chi connectivity index (χ1n) is 15.9. The molecule has 0 amide bonds. The fourth-order valence-electron chi connectivity index (χ4n) is 6.33. The number of nitrogens with one attached hydrogen (secondary N) is 1. The zero-order valence-corrected chi connectivity index (χ0v) is 26.3. The lowest BCUT2D eigenvalue weighted by molar-refractivity contribution is -0.141. The molecule has 2 aliphatic rings. The second kappa shape index (κ2) is 13.4. The molecule has 2 unspecified atom stereocenters. The number of halogens is 3. The topological polar surface area (TPSA) is 190 Å². The van der Waals surface area contributed by atoms with Crippen LogP contribution in [0, 0.1) is 0 Å². The number of hydrogen-bond donors (Lipinski definition) is 3. The molecular weight excluding hydrogens is 637 g/mol. The molecule has 6 aromatic heterocycles. The summed E-state index contributed by atoms with van der Waals surface area (Å²) in [5.41, 5.74) is 15.0. The van der Waals surface area contributed by atoms with Gasteiger partial charge in [0.25, 0.3) is 0 Å². The van der Waals surface area contributed by atoms with Gasteiger partial charge in [0, 0.05) is 62.3 Å². The Morgan fingerprint density at radius 1 is 0.735 bits per heavy atom. The fraction of sp³-hybridized carbons (Fsp3) is 0.344. The Kier molecular flexibility index (Phi) is 8.71. The summed E-state index contributed by atoms with van der Waals surface area (Å²) in [6.07, 6.45) is 7.55. The first kappa shape index (κ1) is 31.8. The van der Waals surface area contributed by atoms with E-state index in [0.29, 0.717) is 52.2 Å². The Bertz CT molecular complexity index is 2050. The zero-order valence-electron chi connectivity index (χ0n) is 26.3. The van der Waals surface area contributed by atoms with Gasteiger partial charge in [-0.2, -0.15) is 18.3 Å². The van der Waals surface area contributed by atoms with Crippen LogP contribution >= 0.6 is 0 Å². The summed E-state index contributed by atoms with van der Waals surface area (Å²) >= 11 is 0. The molecule has 252 valence electrons. The largest absolute Gasteiger partial charge is 0.435 e. The number of aromatic amines is 1. The second-order valence-corrected chi connectivity index (χ2v) is 12.0. The van der Waals surface area contributed by atoms with Gasteiger partial charge in [-0.05, 0) is 56.0 Å². The Hall–Kier alpha value is -5.74. The van der Waals surface area contributed by atoms with Gasteiger partial charge in [0.2, 0.25) is 0 Å². The minimum Gasteiger partial charge on any atom is -0.382 e. The predicted octanol–water partition coefficient (Wildman–Crippen LogP) is 4.51. The summed E-state index contributed by atoms with van der Waals surface area (Å²) in [5.74, 6) is 2.63. The lowest BCUT2D eigenvalue weighted by atomic mass is 9.94. The Morgan fingerprint density at radius 3 is 1.88 bits per heavy atom. The Morgan fingerprint density at radius 2 is 1.33 bits per heavy atom. The van der Waals surface area contributed by atoms with Gasteiger partial charge in [0.1, 0.15) is 35.3 Å². The molecule has 0 saturated carbocycles. The highest BCUT2D eigenvalue weighted by Gasteiger charge is 2.35. The third-order valence-electron chi connectivity index (χ3n) is 8.81. The first-order chi connectivity index (χ1) is 23.7. The number of nitrogens with two attached hydrogens (primary N) is 2. The van der Waals surface area contributed by atoms with Crippen LogP contribution < -0.4 is 21.3 Å². The Balaban J connectivity index is 0.000000155. The first-order valence-corrected chi connectivity index (χ1v) is 15.9. The van der Waals surface area contributed by atoms with E-state index >= 15 is 0 Å². The van der Waals surface area contributed by atoms with Gasteiger partial charge >= 0.3 is 6.18 Å². The molecule has 49 heavy (non-hydrogen) atoms. The number of fused-ring (bicyclic) bond motifs is 2. The van der Waals surface area contributed by atoms with Gasteiger partial charge in [-0.25, -0.2) is 29.9 Å². The van der Waals surface area contributed by atoms with Crippen LogP contribution in [0.3, 0.4) is 0 Å². The SMILES string of the molecule is Nc1ncnc2ccc(N3CCCC(c4cc(C(F)(F)F)n[nH]4)C3)nc12.Nc1ncnc2ccc(N3CCCC(c4cnccn4)C3)nc12. The third kappa shape index (κ3) is 6.95. The molecule has 5 N–H and O–H groups in total. The van der Waals surface area contributed by atoms with Crippen molar-refractivity contribution in [2.24, 2.45) is 0 Å². The monoisotopic (exact) mass is 670 g/mol. The summed E-state index contributed by atoms with van der Waals surface area (Å²) < 4.78 is 38.3. The molecule has 2 fully saturated rings. The quantitative estimate of drug-likeness (QED) is 0.238. The number of H-pyrrole nitrogens is 1. The van der Waals surface area contributed by atoms with Crippen molar-refractivity contribution in [2.45, 2.75) is 43.7 Å².